The Hall–Kier alpha value is -4.66. The Kier molecular flexibility index (Phi) is 3.97. The minimum atomic E-state index is -0.653. The van der Waals surface area contributed by atoms with Gasteiger partial charge < -0.3 is 15.5 Å². The number of nitrogens with one attached hydrogen (secondary N) is 2. The number of nitrogens with two attached hydrogens (primary N) is 1. The summed E-state index contributed by atoms with van der Waals surface area (Å²) in [6.45, 7) is 0. The second-order valence-electron chi connectivity index (χ2n) is 6.92. The van der Waals surface area contributed by atoms with Gasteiger partial charge in [-0.3, -0.25) is 29.1 Å². The maximum Gasteiger partial charge on any atom is 0.291 e. The maximum atomic E-state index is 12.5. The molecule has 4 aromatic rings. The summed E-state index contributed by atoms with van der Waals surface area (Å²) < 4.78 is 6.68. The van der Waals surface area contributed by atoms with Crippen LogP contribution in [-0.2, 0) is 0 Å². The van der Waals surface area contributed by atoms with Gasteiger partial charge in [-0.25, -0.2) is 0 Å². The summed E-state index contributed by atoms with van der Waals surface area (Å²) in [6, 6.07) is 16.3. The molecule has 3 heterocycles. The van der Waals surface area contributed by atoms with Crippen molar-refractivity contribution >= 4 is 40.2 Å². The molecule has 0 unspecified atom stereocenters. The minimum Gasteiger partial charge on any atom is -0.451 e. The predicted octanol–water partition coefficient (Wildman–Crippen LogP) is 2.30. The van der Waals surface area contributed by atoms with Crippen LogP contribution < -0.4 is 21.9 Å². The zero-order valence-corrected chi connectivity index (χ0v) is 15.8. The topological polar surface area (TPSA) is 136 Å². The number of aromatic nitrogens is 1. The predicted molar refractivity (Wildman–Crippen MR) is 112 cm³/mol. The van der Waals surface area contributed by atoms with E-state index in [-0.39, 0.29) is 22.7 Å². The van der Waals surface area contributed by atoms with E-state index < -0.39 is 23.3 Å². The van der Waals surface area contributed by atoms with Crippen LogP contribution in [0.1, 0.15) is 31.3 Å². The lowest BCUT2D eigenvalue weighted by Crippen LogP contribution is -2.24. The van der Waals surface area contributed by atoms with Crippen molar-refractivity contribution in [3.05, 3.63) is 87.9 Å². The van der Waals surface area contributed by atoms with Crippen molar-refractivity contribution in [2.24, 2.45) is 0 Å². The Labute approximate surface area is 174 Å². The minimum absolute atomic E-state index is 0.0353. The average molecular weight is 414 g/mol. The van der Waals surface area contributed by atoms with Gasteiger partial charge in [-0.05, 0) is 36.4 Å². The van der Waals surface area contributed by atoms with E-state index in [9.17, 15) is 19.2 Å². The third-order valence-electron chi connectivity index (χ3n) is 4.99. The molecule has 2 aromatic carbocycles. The van der Waals surface area contributed by atoms with Gasteiger partial charge in [0.2, 0.25) is 0 Å². The fraction of sp³-hybridized carbons (Fsp3) is 0. The number of para-hydroxylation sites is 1. The number of benzene rings is 2. The number of rotatable bonds is 3. The number of fused-ring (bicyclic) bond motifs is 2. The van der Waals surface area contributed by atoms with E-state index in [2.05, 4.69) is 10.6 Å². The third-order valence-corrected chi connectivity index (χ3v) is 4.99. The molecule has 1 aliphatic heterocycles. The molecule has 31 heavy (non-hydrogen) atoms. The first-order chi connectivity index (χ1) is 14.9. The van der Waals surface area contributed by atoms with Gasteiger partial charge in [0, 0.05) is 17.1 Å². The molecule has 1 aliphatic rings. The van der Waals surface area contributed by atoms with Crippen molar-refractivity contribution in [3.63, 3.8) is 0 Å². The van der Waals surface area contributed by atoms with Crippen LogP contribution in [0.25, 0.3) is 16.7 Å². The zero-order valence-electron chi connectivity index (χ0n) is 15.8. The van der Waals surface area contributed by atoms with Crippen LogP contribution in [0.5, 0.6) is 0 Å². The number of hydrogen-bond donors (Lipinski definition) is 3. The molecule has 0 aliphatic carbocycles. The largest absolute Gasteiger partial charge is 0.451 e. The molecular formula is C22H14N4O5. The number of hydrogen-bond acceptors (Lipinski definition) is 6. The lowest BCUT2D eigenvalue weighted by atomic mass is 10.1. The van der Waals surface area contributed by atoms with Crippen molar-refractivity contribution in [2.45, 2.75) is 0 Å². The van der Waals surface area contributed by atoms with E-state index in [1.54, 1.807) is 36.4 Å². The molecule has 0 saturated carbocycles. The summed E-state index contributed by atoms with van der Waals surface area (Å²) in [7, 11) is 0. The Morgan fingerprint density at radius 2 is 1.71 bits per heavy atom. The Morgan fingerprint density at radius 3 is 2.45 bits per heavy atom. The average Bonchev–Trinajstić information content (AvgIpc) is 3.30. The molecule has 0 radical (unpaired) electrons. The number of amides is 3. The van der Waals surface area contributed by atoms with Crippen LogP contribution in [0.15, 0.2) is 69.9 Å². The van der Waals surface area contributed by atoms with Gasteiger partial charge in [0.05, 0.1) is 16.8 Å². The summed E-state index contributed by atoms with van der Waals surface area (Å²) in [6.07, 6.45) is 0. The lowest BCUT2D eigenvalue weighted by molar-refractivity contribution is 0.0879. The summed E-state index contributed by atoms with van der Waals surface area (Å²) >= 11 is 0. The van der Waals surface area contributed by atoms with Crippen LogP contribution in [0.3, 0.4) is 0 Å². The van der Waals surface area contributed by atoms with Crippen LogP contribution in [-0.4, -0.2) is 22.3 Å². The van der Waals surface area contributed by atoms with E-state index in [0.717, 1.165) is 16.0 Å². The first kappa shape index (κ1) is 18.4. The molecule has 0 fully saturated rings. The van der Waals surface area contributed by atoms with Gasteiger partial charge in [0.25, 0.3) is 23.3 Å². The van der Waals surface area contributed by atoms with Crippen LogP contribution >= 0.6 is 0 Å². The van der Waals surface area contributed by atoms with E-state index in [4.69, 9.17) is 10.2 Å². The molecule has 9 heteroatoms. The molecule has 0 bridgehead atoms. The Morgan fingerprint density at radius 1 is 0.968 bits per heavy atom. The quantitative estimate of drug-likeness (QED) is 0.440. The molecule has 4 N–H and O–H groups in total. The van der Waals surface area contributed by atoms with E-state index >= 15 is 0 Å². The fourth-order valence-corrected chi connectivity index (χ4v) is 3.53. The zero-order chi connectivity index (χ0) is 21.7. The van der Waals surface area contributed by atoms with E-state index in [1.165, 1.54) is 0 Å². The number of imide groups is 1. The molecule has 0 spiro atoms. The van der Waals surface area contributed by atoms with Crippen LogP contribution in [0.4, 0.5) is 11.5 Å². The van der Waals surface area contributed by atoms with Gasteiger partial charge >= 0.3 is 0 Å². The number of anilines is 2. The Balaban J connectivity index is 1.44. The normalized spacial score (nSPS) is 12.6. The third kappa shape index (κ3) is 2.96. The summed E-state index contributed by atoms with van der Waals surface area (Å²) in [4.78, 5) is 48.7. The summed E-state index contributed by atoms with van der Waals surface area (Å²) in [5.74, 6) is -1.70. The highest BCUT2D eigenvalue weighted by Crippen LogP contribution is 2.24. The van der Waals surface area contributed by atoms with E-state index in [0.29, 0.717) is 17.0 Å². The molecule has 3 amide bonds. The van der Waals surface area contributed by atoms with Crippen LogP contribution in [0, 0.1) is 0 Å². The first-order valence-electron chi connectivity index (χ1n) is 9.24. The summed E-state index contributed by atoms with van der Waals surface area (Å²) in [5.41, 5.74) is 6.84. The van der Waals surface area contributed by atoms with Gasteiger partial charge in [-0.1, -0.05) is 18.2 Å². The number of carbonyl (C=O) groups excluding carboxylic acids is 3. The molecule has 9 nitrogen and oxygen atoms in total. The fourth-order valence-electron chi connectivity index (χ4n) is 3.53. The van der Waals surface area contributed by atoms with E-state index in [1.807, 2.05) is 18.2 Å². The number of nitrogens with zero attached hydrogens (tertiary/aromatic N) is 1. The smallest absolute Gasteiger partial charge is 0.291 e. The highest BCUT2D eigenvalue weighted by molar-refractivity contribution is 6.23. The maximum absolute atomic E-state index is 12.5. The lowest BCUT2D eigenvalue weighted by Gasteiger charge is -2.12. The molecule has 5 rings (SSSR count). The number of nitrogen functional groups attached to an aromatic ring is 1. The highest BCUT2D eigenvalue weighted by Gasteiger charge is 2.31. The molecule has 0 atom stereocenters. The van der Waals surface area contributed by atoms with Crippen LogP contribution in [0.2, 0.25) is 0 Å². The monoisotopic (exact) mass is 414 g/mol. The number of furan rings is 1. The first-order valence-corrected chi connectivity index (χ1v) is 9.24. The summed E-state index contributed by atoms with van der Waals surface area (Å²) in [5, 5.41) is 5.66. The Bertz CT molecular complexity index is 1430. The van der Waals surface area contributed by atoms with Crippen molar-refractivity contribution in [3.8, 4) is 5.69 Å². The second kappa shape index (κ2) is 6.70. The number of pyridine rings is 1. The van der Waals surface area contributed by atoms with Gasteiger partial charge in [0.1, 0.15) is 11.4 Å². The van der Waals surface area contributed by atoms with Crippen molar-refractivity contribution in [2.75, 3.05) is 11.1 Å². The standard InChI is InChI=1S/C22H14N4O5/c23-19-18-14(20(28)25-22(18)30)10-17(27)26(19)13-7-5-12(6-8-13)24-21(29)16-9-11-3-1-2-4-15(11)31-16/h1-10H,23H2,(H,24,29)(H,25,28,30). The SMILES string of the molecule is Nc1c2c(cc(=O)n1-c1ccc(NC(=O)c3cc4ccccc4o3)cc1)C(=O)NC2=O. The van der Waals surface area contributed by atoms with Crippen molar-refractivity contribution in [1.82, 2.24) is 9.88 Å². The second-order valence-corrected chi connectivity index (χ2v) is 6.92. The highest BCUT2D eigenvalue weighted by atomic mass is 16.3. The van der Waals surface area contributed by atoms with Gasteiger partial charge in [0.15, 0.2) is 5.76 Å². The van der Waals surface area contributed by atoms with Crippen molar-refractivity contribution < 1.29 is 18.8 Å². The number of carbonyl (C=O) groups is 3. The molecule has 152 valence electrons. The molecule has 2 aromatic heterocycles. The molecular weight excluding hydrogens is 400 g/mol. The van der Waals surface area contributed by atoms with Gasteiger partial charge in [-0.15, -0.1) is 0 Å². The van der Waals surface area contributed by atoms with Gasteiger partial charge in [-0.2, -0.15) is 0 Å². The molecule has 0 saturated heterocycles. The van der Waals surface area contributed by atoms with Crippen molar-refractivity contribution in [1.29, 1.82) is 0 Å².